The summed E-state index contributed by atoms with van der Waals surface area (Å²) in [5.41, 5.74) is 4.78. The zero-order chi connectivity index (χ0) is 23.0. The lowest BCUT2D eigenvalue weighted by Gasteiger charge is -2.39. The molecule has 0 spiro atoms. The van der Waals surface area contributed by atoms with Crippen molar-refractivity contribution in [1.82, 2.24) is 14.7 Å². The normalized spacial score (nSPS) is 21.7. The largest absolute Gasteiger partial charge is 0.394 e. The number of benzene rings is 2. The molecule has 2 heterocycles. The fourth-order valence-corrected chi connectivity index (χ4v) is 4.95. The average Bonchev–Trinajstić information content (AvgIpc) is 3.23. The lowest BCUT2D eigenvalue weighted by molar-refractivity contribution is -0.133. The second-order valence-electron chi connectivity index (χ2n) is 9.23. The maximum atomic E-state index is 13.0. The number of nitrogens with one attached hydrogen (secondary N) is 1. The molecule has 2 aromatic rings. The van der Waals surface area contributed by atoms with Crippen molar-refractivity contribution in [3.8, 4) is 11.1 Å². The number of amides is 2. The molecule has 2 aromatic carbocycles. The molecular weight excluding hydrogens is 404 g/mol. The molecule has 1 saturated heterocycles. The van der Waals surface area contributed by atoms with Crippen LogP contribution in [0.5, 0.6) is 0 Å². The number of carbonyl (C=O) groups excluding carboxylic acids is 2. The first-order chi connectivity index (χ1) is 15.3. The van der Waals surface area contributed by atoms with Crippen LogP contribution in [0.25, 0.3) is 11.1 Å². The summed E-state index contributed by atoms with van der Waals surface area (Å²) in [4.78, 5) is 30.6. The van der Waals surface area contributed by atoms with Crippen LogP contribution in [0.3, 0.4) is 0 Å². The van der Waals surface area contributed by atoms with E-state index in [1.54, 1.807) is 19.0 Å². The van der Waals surface area contributed by atoms with Gasteiger partial charge >= 0.3 is 0 Å². The van der Waals surface area contributed by atoms with E-state index in [0.717, 1.165) is 28.8 Å². The van der Waals surface area contributed by atoms with E-state index in [-0.39, 0.29) is 36.4 Å². The first kappa shape index (κ1) is 22.3. The lowest BCUT2D eigenvalue weighted by atomic mass is 9.82. The van der Waals surface area contributed by atoms with E-state index in [0.29, 0.717) is 18.7 Å². The molecular formula is C25H32N4O3. The Bertz CT molecular complexity index is 1000. The van der Waals surface area contributed by atoms with Gasteiger partial charge in [-0.1, -0.05) is 18.2 Å². The molecule has 7 heteroatoms. The highest BCUT2D eigenvalue weighted by molar-refractivity contribution is 5.94. The van der Waals surface area contributed by atoms with Gasteiger partial charge in [-0.3, -0.25) is 9.59 Å². The van der Waals surface area contributed by atoms with Crippen LogP contribution in [0.2, 0.25) is 0 Å². The minimum atomic E-state index is -0.0631. The van der Waals surface area contributed by atoms with Crippen molar-refractivity contribution < 1.29 is 14.7 Å². The minimum absolute atomic E-state index is 0.0231. The Morgan fingerprint density at radius 2 is 1.75 bits per heavy atom. The summed E-state index contributed by atoms with van der Waals surface area (Å²) in [6.07, 6.45) is 0.868. The Kier molecular flexibility index (Phi) is 6.22. The quantitative estimate of drug-likeness (QED) is 0.752. The van der Waals surface area contributed by atoms with Gasteiger partial charge in [-0.15, -0.1) is 0 Å². The van der Waals surface area contributed by atoms with Gasteiger partial charge in [0.05, 0.1) is 25.2 Å². The summed E-state index contributed by atoms with van der Waals surface area (Å²) in [6.45, 7) is 1.11. The molecule has 1 fully saturated rings. The molecule has 2 N–H and O–H groups in total. The Balaban J connectivity index is 1.69. The zero-order valence-electron chi connectivity index (χ0n) is 19.2. The maximum Gasteiger partial charge on any atom is 0.253 e. The smallest absolute Gasteiger partial charge is 0.253 e. The fourth-order valence-electron chi connectivity index (χ4n) is 4.95. The van der Waals surface area contributed by atoms with Crippen molar-refractivity contribution in [3.63, 3.8) is 0 Å². The van der Waals surface area contributed by atoms with E-state index < -0.39 is 0 Å². The van der Waals surface area contributed by atoms with Gasteiger partial charge in [-0.2, -0.15) is 0 Å². The van der Waals surface area contributed by atoms with E-state index in [1.165, 1.54) is 0 Å². The van der Waals surface area contributed by atoms with E-state index in [2.05, 4.69) is 11.4 Å². The number of hydrogen-bond acceptors (Lipinski definition) is 5. The first-order valence-corrected chi connectivity index (χ1v) is 11.1. The molecule has 0 bridgehead atoms. The number of aliphatic hydroxyl groups excluding tert-OH is 1. The summed E-state index contributed by atoms with van der Waals surface area (Å²) >= 11 is 0. The van der Waals surface area contributed by atoms with Gasteiger partial charge in [0, 0.05) is 37.8 Å². The number of carbonyl (C=O) groups is 2. The summed E-state index contributed by atoms with van der Waals surface area (Å²) in [7, 11) is 7.30. The van der Waals surface area contributed by atoms with Crippen LogP contribution < -0.4 is 5.32 Å². The van der Waals surface area contributed by atoms with Gasteiger partial charge in [0.1, 0.15) is 0 Å². The third-order valence-electron chi connectivity index (χ3n) is 6.51. The van der Waals surface area contributed by atoms with Crippen molar-refractivity contribution in [1.29, 1.82) is 0 Å². The molecule has 0 unspecified atom stereocenters. The van der Waals surface area contributed by atoms with Crippen LogP contribution in [-0.2, 0) is 4.79 Å². The molecule has 0 radical (unpaired) electrons. The number of likely N-dealkylation sites (tertiary alicyclic amines) is 1. The van der Waals surface area contributed by atoms with Crippen molar-refractivity contribution >= 4 is 17.5 Å². The van der Waals surface area contributed by atoms with Gasteiger partial charge in [0.25, 0.3) is 5.91 Å². The number of likely N-dealkylation sites (N-methyl/N-ethyl adjacent to an activating group) is 1. The molecule has 2 aliphatic rings. The van der Waals surface area contributed by atoms with E-state index in [1.807, 2.05) is 60.3 Å². The summed E-state index contributed by atoms with van der Waals surface area (Å²) in [6, 6.07) is 13.7. The van der Waals surface area contributed by atoms with Crippen molar-refractivity contribution in [2.24, 2.45) is 5.92 Å². The second-order valence-corrected chi connectivity index (χ2v) is 9.23. The van der Waals surface area contributed by atoms with Crippen LogP contribution in [0.15, 0.2) is 42.5 Å². The van der Waals surface area contributed by atoms with E-state index in [9.17, 15) is 14.7 Å². The third kappa shape index (κ3) is 4.10. The molecule has 2 aliphatic heterocycles. The SMILES string of the molecule is CN(C)CC(=O)N1CC[C@@H]2[C@H](CO)Nc3ccc(-c4ccc(C(=O)N(C)C)cc4)cc3[C@@H]21. The first-order valence-electron chi connectivity index (χ1n) is 11.1. The lowest BCUT2D eigenvalue weighted by Crippen LogP contribution is -2.44. The molecule has 3 atom stereocenters. The van der Waals surface area contributed by atoms with Crippen molar-refractivity contribution in [3.05, 3.63) is 53.6 Å². The van der Waals surface area contributed by atoms with Crippen LogP contribution >= 0.6 is 0 Å². The molecule has 0 aromatic heterocycles. The van der Waals surface area contributed by atoms with E-state index in [4.69, 9.17) is 0 Å². The van der Waals surface area contributed by atoms with Crippen LogP contribution in [0.1, 0.15) is 28.4 Å². The highest BCUT2D eigenvalue weighted by atomic mass is 16.3. The second kappa shape index (κ2) is 8.92. The average molecular weight is 437 g/mol. The number of hydrogen-bond donors (Lipinski definition) is 2. The topological polar surface area (TPSA) is 76.1 Å². The minimum Gasteiger partial charge on any atom is -0.394 e. The predicted molar refractivity (Wildman–Crippen MR) is 126 cm³/mol. The Labute approximate surface area is 189 Å². The molecule has 7 nitrogen and oxygen atoms in total. The Hall–Kier alpha value is -2.90. The summed E-state index contributed by atoms with van der Waals surface area (Å²) < 4.78 is 0. The van der Waals surface area contributed by atoms with Gasteiger partial charge in [-0.05, 0) is 61.5 Å². The Morgan fingerprint density at radius 3 is 2.38 bits per heavy atom. The van der Waals surface area contributed by atoms with Crippen LogP contribution in [-0.4, -0.2) is 85.5 Å². The highest BCUT2D eigenvalue weighted by Gasteiger charge is 2.45. The Morgan fingerprint density at radius 1 is 1.06 bits per heavy atom. The molecule has 2 amide bonds. The van der Waals surface area contributed by atoms with Crippen LogP contribution in [0, 0.1) is 5.92 Å². The number of fused-ring (bicyclic) bond motifs is 3. The summed E-state index contributed by atoms with van der Waals surface area (Å²) in [5.74, 6) is 0.267. The molecule has 4 rings (SSSR count). The molecule has 32 heavy (non-hydrogen) atoms. The maximum absolute atomic E-state index is 13.0. The molecule has 170 valence electrons. The van der Waals surface area contributed by atoms with E-state index >= 15 is 0 Å². The molecule has 0 aliphatic carbocycles. The highest BCUT2D eigenvalue weighted by Crippen LogP contribution is 2.47. The summed E-state index contributed by atoms with van der Waals surface area (Å²) in [5, 5.41) is 13.5. The van der Waals surface area contributed by atoms with Gasteiger partial charge in [-0.25, -0.2) is 0 Å². The fraction of sp³-hybridized carbons (Fsp3) is 0.440. The molecule has 0 saturated carbocycles. The zero-order valence-corrected chi connectivity index (χ0v) is 19.2. The number of anilines is 1. The van der Waals surface area contributed by atoms with Gasteiger partial charge < -0.3 is 25.1 Å². The van der Waals surface area contributed by atoms with Crippen LogP contribution in [0.4, 0.5) is 5.69 Å². The van der Waals surface area contributed by atoms with Gasteiger partial charge in [0.15, 0.2) is 0 Å². The number of aliphatic hydroxyl groups is 1. The predicted octanol–water partition coefficient (Wildman–Crippen LogP) is 2.29. The number of rotatable bonds is 5. The third-order valence-corrected chi connectivity index (χ3v) is 6.51. The standard InChI is InChI=1S/C25H32N4O3/c1-27(2)14-23(31)29-12-11-19-22(15-30)26-21-10-9-18(13-20(21)24(19)29)16-5-7-17(8-6-16)25(32)28(3)4/h5-10,13,19,22,24,26,30H,11-12,14-15H2,1-4H3/t19-,22+,24-/m1/s1. The number of nitrogens with zero attached hydrogens (tertiary/aromatic N) is 3. The monoisotopic (exact) mass is 436 g/mol. The van der Waals surface area contributed by atoms with Gasteiger partial charge in [0.2, 0.25) is 5.91 Å². The van der Waals surface area contributed by atoms with Crippen molar-refractivity contribution in [2.45, 2.75) is 18.5 Å². The van der Waals surface area contributed by atoms with Crippen molar-refractivity contribution in [2.75, 3.05) is 53.2 Å².